The SMILES string of the molecule is COc1c(Br)cc(Cl)cc1N1CC(Cl)CC1=O. The zero-order valence-corrected chi connectivity index (χ0v) is 12.1. The van der Waals surface area contributed by atoms with Crippen LogP contribution < -0.4 is 9.64 Å². The molecule has 1 atom stereocenters. The van der Waals surface area contributed by atoms with Gasteiger partial charge in [0.05, 0.1) is 22.6 Å². The summed E-state index contributed by atoms with van der Waals surface area (Å²) in [5, 5.41) is 0.378. The Morgan fingerprint density at radius 2 is 2.24 bits per heavy atom. The van der Waals surface area contributed by atoms with Gasteiger partial charge in [0.25, 0.3) is 0 Å². The van der Waals surface area contributed by atoms with Crippen molar-refractivity contribution in [3.05, 3.63) is 21.6 Å². The molecular formula is C11H10BrCl2NO2. The van der Waals surface area contributed by atoms with Crippen LogP contribution in [-0.4, -0.2) is 24.9 Å². The van der Waals surface area contributed by atoms with Crippen LogP contribution in [0.5, 0.6) is 5.75 Å². The number of anilines is 1. The number of benzene rings is 1. The van der Waals surface area contributed by atoms with Gasteiger partial charge in [0.15, 0.2) is 5.75 Å². The van der Waals surface area contributed by atoms with E-state index in [1.54, 1.807) is 24.1 Å². The maximum atomic E-state index is 11.8. The van der Waals surface area contributed by atoms with Gasteiger partial charge in [-0.05, 0) is 28.1 Å². The number of amides is 1. The van der Waals surface area contributed by atoms with E-state index in [9.17, 15) is 4.79 Å². The lowest BCUT2D eigenvalue weighted by Gasteiger charge is -2.20. The van der Waals surface area contributed by atoms with E-state index >= 15 is 0 Å². The molecule has 1 heterocycles. The van der Waals surface area contributed by atoms with Crippen LogP contribution in [-0.2, 0) is 4.79 Å². The Labute approximate surface area is 118 Å². The summed E-state index contributed by atoms with van der Waals surface area (Å²) in [5.74, 6) is 0.575. The molecule has 1 aromatic rings. The molecule has 1 unspecified atom stereocenters. The Kier molecular flexibility index (Phi) is 3.85. The summed E-state index contributed by atoms with van der Waals surface area (Å²) in [6.45, 7) is 0.476. The summed E-state index contributed by atoms with van der Waals surface area (Å²) < 4.78 is 6.00. The molecule has 92 valence electrons. The highest BCUT2D eigenvalue weighted by Crippen LogP contribution is 2.40. The topological polar surface area (TPSA) is 29.5 Å². The fourth-order valence-corrected chi connectivity index (χ4v) is 3.07. The first kappa shape index (κ1) is 13.0. The molecule has 0 bridgehead atoms. The number of nitrogens with zero attached hydrogens (tertiary/aromatic N) is 1. The van der Waals surface area contributed by atoms with Gasteiger partial charge in [-0.25, -0.2) is 0 Å². The molecule has 1 aromatic carbocycles. The summed E-state index contributed by atoms with van der Waals surface area (Å²) in [6, 6.07) is 3.43. The van der Waals surface area contributed by atoms with E-state index in [1.165, 1.54) is 0 Å². The van der Waals surface area contributed by atoms with Crippen LogP contribution in [0, 0.1) is 0 Å². The Bertz CT molecular complexity index is 467. The van der Waals surface area contributed by atoms with Crippen molar-refractivity contribution in [2.24, 2.45) is 0 Å². The van der Waals surface area contributed by atoms with Crippen molar-refractivity contribution in [2.75, 3.05) is 18.6 Å². The average molecular weight is 339 g/mol. The lowest BCUT2D eigenvalue weighted by atomic mass is 10.2. The van der Waals surface area contributed by atoms with Crippen LogP contribution in [0.15, 0.2) is 16.6 Å². The number of hydrogen-bond acceptors (Lipinski definition) is 2. The predicted octanol–water partition coefficient (Wildman–Crippen LogP) is 3.46. The summed E-state index contributed by atoms with van der Waals surface area (Å²) in [4.78, 5) is 13.4. The molecule has 3 nitrogen and oxygen atoms in total. The van der Waals surface area contributed by atoms with Crippen molar-refractivity contribution in [3.63, 3.8) is 0 Å². The Hall–Kier alpha value is -0.450. The molecule has 1 amide bonds. The van der Waals surface area contributed by atoms with E-state index in [2.05, 4.69) is 15.9 Å². The molecule has 17 heavy (non-hydrogen) atoms. The number of methoxy groups -OCH3 is 1. The van der Waals surface area contributed by atoms with Gasteiger partial charge in [0.1, 0.15) is 0 Å². The Balaban J connectivity index is 2.47. The fraction of sp³-hybridized carbons (Fsp3) is 0.364. The van der Waals surface area contributed by atoms with Gasteiger partial charge >= 0.3 is 0 Å². The van der Waals surface area contributed by atoms with Crippen molar-refractivity contribution in [1.82, 2.24) is 0 Å². The van der Waals surface area contributed by atoms with Crippen LogP contribution in [0.25, 0.3) is 0 Å². The van der Waals surface area contributed by atoms with Crippen molar-refractivity contribution in [2.45, 2.75) is 11.8 Å². The van der Waals surface area contributed by atoms with Crippen LogP contribution in [0.3, 0.4) is 0 Å². The molecule has 6 heteroatoms. The molecule has 2 rings (SSSR count). The minimum Gasteiger partial charge on any atom is -0.493 e. The van der Waals surface area contributed by atoms with Crippen LogP contribution >= 0.6 is 39.1 Å². The minimum absolute atomic E-state index is 0.0162. The average Bonchev–Trinajstić information content (AvgIpc) is 2.56. The Morgan fingerprint density at radius 3 is 2.76 bits per heavy atom. The zero-order chi connectivity index (χ0) is 12.6. The number of carbonyl (C=O) groups excluding carboxylic acids is 1. The number of rotatable bonds is 2. The summed E-state index contributed by atoms with van der Waals surface area (Å²) >= 11 is 15.3. The third-order valence-corrected chi connectivity index (χ3v) is 3.66. The van der Waals surface area contributed by atoms with E-state index in [0.29, 0.717) is 33.9 Å². The largest absolute Gasteiger partial charge is 0.493 e. The highest BCUT2D eigenvalue weighted by atomic mass is 79.9. The standard InChI is InChI=1S/C11H10BrCl2NO2/c1-17-11-8(12)2-6(13)3-9(11)15-5-7(14)4-10(15)16/h2-3,7H,4-5H2,1H3. The van der Waals surface area contributed by atoms with Crippen molar-refractivity contribution in [3.8, 4) is 5.75 Å². The van der Waals surface area contributed by atoms with E-state index in [1.807, 2.05) is 0 Å². The first-order chi connectivity index (χ1) is 8.02. The number of carbonyl (C=O) groups is 1. The van der Waals surface area contributed by atoms with Gasteiger partial charge in [0, 0.05) is 18.0 Å². The molecule has 0 aromatic heterocycles. The molecule has 1 fully saturated rings. The summed E-state index contributed by atoms with van der Waals surface area (Å²) in [7, 11) is 1.55. The van der Waals surface area contributed by atoms with Gasteiger partial charge in [-0.1, -0.05) is 11.6 Å². The summed E-state index contributed by atoms with van der Waals surface area (Å²) in [6.07, 6.45) is 0.342. The van der Waals surface area contributed by atoms with Crippen molar-refractivity contribution < 1.29 is 9.53 Å². The maximum Gasteiger partial charge on any atom is 0.228 e. The molecule has 0 saturated carbocycles. The first-order valence-electron chi connectivity index (χ1n) is 5.00. The van der Waals surface area contributed by atoms with Gasteiger partial charge in [0.2, 0.25) is 5.91 Å². The number of halogens is 3. The molecule has 0 radical (unpaired) electrons. The molecule has 1 saturated heterocycles. The highest BCUT2D eigenvalue weighted by molar-refractivity contribution is 9.10. The Morgan fingerprint density at radius 1 is 1.53 bits per heavy atom. The second-order valence-electron chi connectivity index (χ2n) is 3.75. The van der Waals surface area contributed by atoms with Crippen molar-refractivity contribution >= 4 is 50.7 Å². The van der Waals surface area contributed by atoms with E-state index in [0.717, 1.165) is 0 Å². The third-order valence-electron chi connectivity index (χ3n) is 2.56. The van der Waals surface area contributed by atoms with E-state index in [4.69, 9.17) is 27.9 Å². The smallest absolute Gasteiger partial charge is 0.228 e. The quantitative estimate of drug-likeness (QED) is 0.773. The monoisotopic (exact) mass is 337 g/mol. The molecule has 0 spiro atoms. The highest BCUT2D eigenvalue weighted by Gasteiger charge is 2.31. The number of ether oxygens (including phenoxy) is 1. The van der Waals surface area contributed by atoms with E-state index in [-0.39, 0.29) is 11.3 Å². The second kappa shape index (κ2) is 5.04. The summed E-state index contributed by atoms with van der Waals surface area (Å²) in [5.41, 5.74) is 0.653. The van der Waals surface area contributed by atoms with Gasteiger partial charge in [-0.3, -0.25) is 4.79 Å². The number of hydrogen-bond donors (Lipinski definition) is 0. The van der Waals surface area contributed by atoms with Crippen LogP contribution in [0.4, 0.5) is 5.69 Å². The number of alkyl halides is 1. The normalized spacial score (nSPS) is 19.9. The predicted molar refractivity (Wildman–Crippen MR) is 72.3 cm³/mol. The zero-order valence-electron chi connectivity index (χ0n) is 9.04. The van der Waals surface area contributed by atoms with Crippen molar-refractivity contribution in [1.29, 1.82) is 0 Å². The van der Waals surface area contributed by atoms with Gasteiger partial charge in [-0.15, -0.1) is 11.6 Å². The lowest BCUT2D eigenvalue weighted by molar-refractivity contribution is -0.117. The van der Waals surface area contributed by atoms with E-state index < -0.39 is 0 Å². The molecule has 1 aliphatic heterocycles. The molecule has 0 N–H and O–H groups in total. The van der Waals surface area contributed by atoms with Gasteiger partial charge < -0.3 is 9.64 Å². The molecule has 0 aliphatic carbocycles. The lowest BCUT2D eigenvalue weighted by Crippen LogP contribution is -2.25. The third kappa shape index (κ3) is 2.54. The fourth-order valence-electron chi connectivity index (χ4n) is 1.85. The van der Waals surface area contributed by atoms with Crippen LogP contribution in [0.1, 0.15) is 6.42 Å². The molecular weight excluding hydrogens is 329 g/mol. The van der Waals surface area contributed by atoms with Crippen LogP contribution in [0.2, 0.25) is 5.02 Å². The second-order valence-corrected chi connectivity index (χ2v) is 5.65. The minimum atomic E-state index is -0.162. The maximum absolute atomic E-state index is 11.8. The van der Waals surface area contributed by atoms with Gasteiger partial charge in [-0.2, -0.15) is 0 Å². The first-order valence-corrected chi connectivity index (χ1v) is 6.61. The molecule has 1 aliphatic rings.